The molecule has 30 heavy (non-hydrogen) atoms. The van der Waals surface area contributed by atoms with Crippen LogP contribution in [0.2, 0.25) is 0 Å². The van der Waals surface area contributed by atoms with Crippen LogP contribution < -0.4 is 15.5 Å². The molecule has 2 amide bonds. The van der Waals surface area contributed by atoms with Gasteiger partial charge in [-0.15, -0.1) is 0 Å². The van der Waals surface area contributed by atoms with Gasteiger partial charge >= 0.3 is 0 Å². The van der Waals surface area contributed by atoms with E-state index in [1.807, 2.05) is 25.1 Å². The minimum atomic E-state index is -0.264. The van der Waals surface area contributed by atoms with Gasteiger partial charge in [0, 0.05) is 42.5 Å². The second kappa shape index (κ2) is 8.73. The van der Waals surface area contributed by atoms with E-state index in [4.69, 9.17) is 0 Å². The molecule has 0 radical (unpaired) electrons. The lowest BCUT2D eigenvalue weighted by Crippen LogP contribution is -2.44. The molecule has 7 nitrogen and oxygen atoms in total. The summed E-state index contributed by atoms with van der Waals surface area (Å²) in [6.45, 7) is 7.19. The Kier molecular flexibility index (Phi) is 5.88. The summed E-state index contributed by atoms with van der Waals surface area (Å²) >= 11 is 0. The third-order valence-electron chi connectivity index (χ3n) is 6.04. The van der Waals surface area contributed by atoms with Gasteiger partial charge in [-0.3, -0.25) is 14.7 Å². The van der Waals surface area contributed by atoms with E-state index in [0.29, 0.717) is 11.7 Å². The number of aromatic amines is 1. The lowest BCUT2D eigenvalue weighted by Gasteiger charge is -2.34. The maximum absolute atomic E-state index is 12.6. The van der Waals surface area contributed by atoms with E-state index in [2.05, 4.69) is 44.4 Å². The number of nitrogens with zero attached hydrogens (tertiary/aromatic N) is 2. The maximum atomic E-state index is 12.6. The number of piperidine rings is 1. The molecule has 1 unspecified atom stereocenters. The number of amides is 2. The Labute approximate surface area is 176 Å². The quantitative estimate of drug-likeness (QED) is 0.614. The Morgan fingerprint density at radius 2 is 1.90 bits per heavy atom. The Bertz CT molecular complexity index is 908. The number of nitrogens with one attached hydrogen (secondary N) is 3. The van der Waals surface area contributed by atoms with Crippen molar-refractivity contribution < 1.29 is 9.59 Å². The average Bonchev–Trinajstić information content (AvgIpc) is 3.53. The van der Waals surface area contributed by atoms with Crippen molar-refractivity contribution >= 4 is 23.3 Å². The van der Waals surface area contributed by atoms with Crippen LogP contribution in [0.5, 0.6) is 0 Å². The predicted octanol–water partition coefficient (Wildman–Crippen LogP) is 3.30. The number of hydrogen-bond acceptors (Lipinski definition) is 4. The highest BCUT2D eigenvalue weighted by molar-refractivity contribution is 5.94. The molecule has 7 heteroatoms. The summed E-state index contributed by atoms with van der Waals surface area (Å²) in [6.07, 6.45) is 5.53. The van der Waals surface area contributed by atoms with Gasteiger partial charge in [0.25, 0.3) is 0 Å². The molecular formula is C23H29N5O2. The largest absolute Gasteiger partial charge is 0.371 e. The van der Waals surface area contributed by atoms with Crippen LogP contribution in [0, 0.1) is 0 Å². The van der Waals surface area contributed by atoms with Crippen molar-refractivity contribution in [3.8, 4) is 0 Å². The van der Waals surface area contributed by atoms with Crippen LogP contribution in [0.4, 0.5) is 11.5 Å². The van der Waals surface area contributed by atoms with Crippen molar-refractivity contribution in [1.82, 2.24) is 15.5 Å². The summed E-state index contributed by atoms with van der Waals surface area (Å²) in [5.41, 5.74) is 3.22. The minimum absolute atomic E-state index is 0.0598. The van der Waals surface area contributed by atoms with Crippen molar-refractivity contribution in [2.45, 2.75) is 50.5 Å². The Balaban J connectivity index is 1.30. The zero-order chi connectivity index (χ0) is 21.1. The van der Waals surface area contributed by atoms with E-state index in [-0.39, 0.29) is 23.8 Å². The molecule has 1 aromatic carbocycles. The molecule has 1 aliphatic carbocycles. The van der Waals surface area contributed by atoms with Crippen LogP contribution in [0.1, 0.15) is 55.7 Å². The Morgan fingerprint density at radius 3 is 2.53 bits per heavy atom. The van der Waals surface area contributed by atoms with Gasteiger partial charge in [0.2, 0.25) is 11.8 Å². The molecule has 1 aromatic heterocycles. The first-order valence-corrected chi connectivity index (χ1v) is 10.7. The van der Waals surface area contributed by atoms with E-state index in [0.717, 1.165) is 42.9 Å². The standard InChI is InChI=1S/C23H29N5O2/c1-3-22(29)24-18-10-12-28(13-11-18)19-8-6-16(7-9-19)15(2)23(30)25-21-14-20(26-27-21)17-4-5-17/h3,6-9,14-15,17-18H,1,4-5,10-13H2,2H3,(H,24,29)(H2,25,26,27,30). The SMILES string of the molecule is C=CC(=O)NC1CCN(c2ccc(C(C)C(=O)Nc3cc(C4CC4)[nH]n3)cc2)CC1. The average molecular weight is 408 g/mol. The van der Waals surface area contributed by atoms with Gasteiger partial charge in [-0.2, -0.15) is 5.10 Å². The Hall–Kier alpha value is -3.09. The summed E-state index contributed by atoms with van der Waals surface area (Å²) < 4.78 is 0. The molecule has 2 aromatic rings. The molecule has 1 saturated carbocycles. The summed E-state index contributed by atoms with van der Waals surface area (Å²) in [6, 6.07) is 10.3. The van der Waals surface area contributed by atoms with Gasteiger partial charge in [-0.05, 0) is 56.4 Å². The Morgan fingerprint density at radius 1 is 1.20 bits per heavy atom. The highest BCUT2D eigenvalue weighted by atomic mass is 16.2. The van der Waals surface area contributed by atoms with Crippen LogP contribution in [-0.4, -0.2) is 41.1 Å². The second-order valence-electron chi connectivity index (χ2n) is 8.26. The predicted molar refractivity (Wildman–Crippen MR) is 118 cm³/mol. The van der Waals surface area contributed by atoms with E-state index in [1.165, 1.54) is 18.9 Å². The van der Waals surface area contributed by atoms with Crippen LogP contribution in [0.3, 0.4) is 0 Å². The normalized spacial score (nSPS) is 18.0. The third-order valence-corrected chi connectivity index (χ3v) is 6.04. The van der Waals surface area contributed by atoms with Crippen LogP contribution in [-0.2, 0) is 9.59 Å². The molecule has 1 aliphatic heterocycles. The fourth-order valence-corrected chi connectivity index (χ4v) is 3.91. The second-order valence-corrected chi connectivity index (χ2v) is 8.26. The first kappa shape index (κ1) is 20.2. The summed E-state index contributed by atoms with van der Waals surface area (Å²) in [5, 5.41) is 13.1. The van der Waals surface area contributed by atoms with Gasteiger partial charge in [-0.1, -0.05) is 18.7 Å². The fourth-order valence-electron chi connectivity index (χ4n) is 3.91. The number of hydrogen-bond donors (Lipinski definition) is 3. The van der Waals surface area contributed by atoms with Crippen molar-refractivity contribution in [3.05, 3.63) is 54.2 Å². The molecule has 1 atom stereocenters. The maximum Gasteiger partial charge on any atom is 0.243 e. The number of rotatable bonds is 7. The van der Waals surface area contributed by atoms with Crippen molar-refractivity contribution in [2.75, 3.05) is 23.3 Å². The van der Waals surface area contributed by atoms with Gasteiger partial charge in [0.1, 0.15) is 0 Å². The molecule has 4 rings (SSSR count). The number of anilines is 2. The number of carbonyl (C=O) groups excluding carboxylic acids is 2. The zero-order valence-corrected chi connectivity index (χ0v) is 17.4. The first-order chi connectivity index (χ1) is 14.5. The number of H-pyrrole nitrogens is 1. The molecule has 2 fully saturated rings. The molecule has 1 saturated heterocycles. The molecule has 2 aliphatic rings. The van der Waals surface area contributed by atoms with Crippen molar-refractivity contribution in [3.63, 3.8) is 0 Å². The van der Waals surface area contributed by atoms with E-state index >= 15 is 0 Å². The lowest BCUT2D eigenvalue weighted by atomic mass is 9.99. The van der Waals surface area contributed by atoms with E-state index in [1.54, 1.807) is 0 Å². The highest BCUT2D eigenvalue weighted by Crippen LogP contribution is 2.39. The van der Waals surface area contributed by atoms with Gasteiger partial charge < -0.3 is 15.5 Å². The number of carbonyl (C=O) groups is 2. The van der Waals surface area contributed by atoms with Crippen LogP contribution in [0.25, 0.3) is 0 Å². The van der Waals surface area contributed by atoms with Crippen molar-refractivity contribution in [1.29, 1.82) is 0 Å². The first-order valence-electron chi connectivity index (χ1n) is 10.7. The molecule has 0 bridgehead atoms. The monoisotopic (exact) mass is 407 g/mol. The lowest BCUT2D eigenvalue weighted by molar-refractivity contribution is -0.118. The molecule has 3 N–H and O–H groups in total. The summed E-state index contributed by atoms with van der Waals surface area (Å²) in [4.78, 5) is 26.4. The third kappa shape index (κ3) is 4.72. The van der Waals surface area contributed by atoms with Crippen LogP contribution >= 0.6 is 0 Å². The van der Waals surface area contributed by atoms with E-state index < -0.39 is 0 Å². The minimum Gasteiger partial charge on any atom is -0.371 e. The number of benzene rings is 1. The topological polar surface area (TPSA) is 90.1 Å². The highest BCUT2D eigenvalue weighted by Gasteiger charge is 2.26. The van der Waals surface area contributed by atoms with Crippen LogP contribution in [0.15, 0.2) is 43.0 Å². The van der Waals surface area contributed by atoms with Gasteiger partial charge in [0.15, 0.2) is 5.82 Å². The molecule has 158 valence electrons. The van der Waals surface area contributed by atoms with Crippen molar-refractivity contribution in [2.24, 2.45) is 0 Å². The fraction of sp³-hybridized carbons (Fsp3) is 0.435. The smallest absolute Gasteiger partial charge is 0.243 e. The molecule has 0 spiro atoms. The van der Waals surface area contributed by atoms with E-state index in [9.17, 15) is 9.59 Å². The molecule has 2 heterocycles. The van der Waals surface area contributed by atoms with Gasteiger partial charge in [0.05, 0.1) is 5.92 Å². The van der Waals surface area contributed by atoms with Gasteiger partial charge in [-0.25, -0.2) is 0 Å². The summed E-state index contributed by atoms with van der Waals surface area (Å²) in [7, 11) is 0. The summed E-state index contributed by atoms with van der Waals surface area (Å²) in [5.74, 6) is 0.743. The number of aromatic nitrogens is 2. The zero-order valence-electron chi connectivity index (χ0n) is 17.4. The molecular weight excluding hydrogens is 378 g/mol.